The topological polar surface area (TPSA) is 75.3 Å². The molecule has 0 fully saturated rings. The van der Waals surface area contributed by atoms with Crippen molar-refractivity contribution in [2.24, 2.45) is 5.73 Å². The van der Waals surface area contributed by atoms with Gasteiger partial charge < -0.3 is 16.2 Å². The van der Waals surface area contributed by atoms with E-state index in [-0.39, 0.29) is 0 Å². The maximum Gasteiger partial charge on any atom is 0.251 e. The highest BCUT2D eigenvalue weighted by Gasteiger charge is 2.43. The number of benzene rings is 1. The standard InChI is InChI=1S/C9H9ClN2O2/c10-5-1-2-7-6(3-5)9(11,4-13)8(14)12-7/h1-3,13H,4,11H2,(H,12,14)/t9-/m1/s1. The van der Waals surface area contributed by atoms with Crippen LogP contribution in [0.1, 0.15) is 5.56 Å². The summed E-state index contributed by atoms with van der Waals surface area (Å²) in [5, 5.41) is 12.2. The molecule has 1 aliphatic heterocycles. The van der Waals surface area contributed by atoms with Crippen LogP contribution in [0.5, 0.6) is 0 Å². The van der Waals surface area contributed by atoms with E-state index >= 15 is 0 Å². The van der Waals surface area contributed by atoms with E-state index < -0.39 is 18.1 Å². The van der Waals surface area contributed by atoms with Crippen molar-refractivity contribution in [2.45, 2.75) is 5.54 Å². The lowest BCUT2D eigenvalue weighted by Gasteiger charge is -2.18. The molecule has 14 heavy (non-hydrogen) atoms. The molecule has 4 N–H and O–H groups in total. The van der Waals surface area contributed by atoms with Crippen molar-refractivity contribution in [1.82, 2.24) is 0 Å². The molecule has 5 heteroatoms. The molecule has 1 aromatic carbocycles. The molecule has 0 aliphatic carbocycles. The summed E-state index contributed by atoms with van der Waals surface area (Å²) >= 11 is 5.78. The zero-order chi connectivity index (χ0) is 10.3. The van der Waals surface area contributed by atoms with Crippen LogP contribution in [-0.2, 0) is 10.3 Å². The molecule has 4 nitrogen and oxygen atoms in total. The van der Waals surface area contributed by atoms with E-state index in [0.29, 0.717) is 16.3 Å². The summed E-state index contributed by atoms with van der Waals surface area (Å²) in [4.78, 5) is 11.5. The predicted molar refractivity (Wildman–Crippen MR) is 53.0 cm³/mol. The van der Waals surface area contributed by atoms with Crippen molar-refractivity contribution in [3.05, 3.63) is 28.8 Å². The van der Waals surface area contributed by atoms with Gasteiger partial charge in [0.15, 0.2) is 0 Å². The third kappa shape index (κ3) is 1.12. The average molecular weight is 213 g/mol. The Bertz CT molecular complexity index is 408. The minimum Gasteiger partial charge on any atom is -0.394 e. The van der Waals surface area contributed by atoms with Crippen LogP contribution in [-0.4, -0.2) is 17.6 Å². The molecule has 0 bridgehead atoms. The van der Waals surface area contributed by atoms with E-state index in [1.807, 2.05) is 0 Å². The molecule has 1 atom stereocenters. The number of aliphatic hydroxyl groups excluding tert-OH is 1. The van der Waals surface area contributed by atoms with Crippen molar-refractivity contribution in [1.29, 1.82) is 0 Å². The molecule has 1 aliphatic rings. The minimum absolute atomic E-state index is 0.405. The van der Waals surface area contributed by atoms with Gasteiger partial charge in [-0.15, -0.1) is 0 Å². The van der Waals surface area contributed by atoms with Crippen LogP contribution in [0.4, 0.5) is 5.69 Å². The number of aliphatic hydroxyl groups is 1. The van der Waals surface area contributed by atoms with E-state index in [1.54, 1.807) is 18.2 Å². The van der Waals surface area contributed by atoms with Gasteiger partial charge in [0, 0.05) is 16.3 Å². The lowest BCUT2D eigenvalue weighted by atomic mass is 9.94. The van der Waals surface area contributed by atoms with Crippen molar-refractivity contribution < 1.29 is 9.90 Å². The SMILES string of the molecule is N[C@@]1(CO)C(=O)Nc2ccc(Cl)cc21. The van der Waals surface area contributed by atoms with Gasteiger partial charge in [-0.25, -0.2) is 0 Å². The predicted octanol–water partition coefficient (Wildman–Crippen LogP) is 0.438. The second-order valence-corrected chi connectivity index (χ2v) is 3.71. The molecule has 0 unspecified atom stereocenters. The number of nitrogens with two attached hydrogens (primary N) is 1. The Balaban J connectivity index is 2.61. The van der Waals surface area contributed by atoms with Gasteiger partial charge in [0.1, 0.15) is 5.54 Å². The Morgan fingerprint density at radius 1 is 1.57 bits per heavy atom. The molecule has 2 rings (SSSR count). The molecule has 0 saturated heterocycles. The lowest BCUT2D eigenvalue weighted by molar-refractivity contribution is -0.122. The highest BCUT2D eigenvalue weighted by atomic mass is 35.5. The highest BCUT2D eigenvalue weighted by Crippen LogP contribution is 2.35. The van der Waals surface area contributed by atoms with Crippen molar-refractivity contribution in [3.8, 4) is 0 Å². The molecule has 1 heterocycles. The number of anilines is 1. The number of hydrogen-bond acceptors (Lipinski definition) is 3. The molecule has 74 valence electrons. The number of amides is 1. The number of carbonyl (C=O) groups is 1. The Morgan fingerprint density at radius 3 is 2.93 bits per heavy atom. The Hall–Kier alpha value is -1.10. The molecular weight excluding hydrogens is 204 g/mol. The van der Waals surface area contributed by atoms with E-state index in [9.17, 15) is 4.79 Å². The fourth-order valence-electron chi connectivity index (χ4n) is 1.51. The number of halogens is 1. The van der Waals surface area contributed by atoms with Crippen molar-refractivity contribution >= 4 is 23.2 Å². The summed E-state index contributed by atoms with van der Waals surface area (Å²) in [6.07, 6.45) is 0. The first kappa shape index (κ1) is 9.45. The zero-order valence-electron chi connectivity index (χ0n) is 7.25. The Morgan fingerprint density at radius 2 is 2.29 bits per heavy atom. The lowest BCUT2D eigenvalue weighted by Crippen LogP contribution is -2.46. The number of nitrogens with one attached hydrogen (secondary N) is 1. The van der Waals surface area contributed by atoms with Crippen LogP contribution in [0, 0.1) is 0 Å². The second-order valence-electron chi connectivity index (χ2n) is 3.27. The number of fused-ring (bicyclic) bond motifs is 1. The van der Waals surface area contributed by atoms with Crippen LogP contribution in [0.2, 0.25) is 5.02 Å². The smallest absolute Gasteiger partial charge is 0.251 e. The number of rotatable bonds is 1. The second kappa shape index (κ2) is 2.95. The zero-order valence-corrected chi connectivity index (χ0v) is 8.01. The largest absolute Gasteiger partial charge is 0.394 e. The Kier molecular flexibility index (Phi) is 1.99. The summed E-state index contributed by atoms with van der Waals surface area (Å²) in [6.45, 7) is -0.438. The maximum atomic E-state index is 11.5. The van der Waals surface area contributed by atoms with Crippen LogP contribution in [0.25, 0.3) is 0 Å². The monoisotopic (exact) mass is 212 g/mol. The van der Waals surface area contributed by atoms with Gasteiger partial charge in [0.25, 0.3) is 5.91 Å². The Labute approximate surface area is 85.7 Å². The number of hydrogen-bond donors (Lipinski definition) is 3. The molecular formula is C9H9ClN2O2. The van der Waals surface area contributed by atoms with Crippen LogP contribution in [0.15, 0.2) is 18.2 Å². The normalized spacial score (nSPS) is 24.6. The van der Waals surface area contributed by atoms with Gasteiger partial charge in [-0.2, -0.15) is 0 Å². The summed E-state index contributed by atoms with van der Waals surface area (Å²) < 4.78 is 0. The summed E-state index contributed by atoms with van der Waals surface area (Å²) in [7, 11) is 0. The fourth-order valence-corrected chi connectivity index (χ4v) is 1.68. The van der Waals surface area contributed by atoms with Gasteiger partial charge in [-0.05, 0) is 18.2 Å². The summed E-state index contributed by atoms with van der Waals surface area (Å²) in [6, 6.07) is 4.91. The van der Waals surface area contributed by atoms with Gasteiger partial charge in [-0.3, -0.25) is 4.79 Å². The minimum atomic E-state index is -1.36. The molecule has 0 aromatic heterocycles. The third-order valence-corrected chi connectivity index (χ3v) is 2.60. The molecule has 1 amide bonds. The van der Waals surface area contributed by atoms with Crippen LogP contribution < -0.4 is 11.1 Å². The third-order valence-electron chi connectivity index (χ3n) is 2.37. The highest BCUT2D eigenvalue weighted by molar-refractivity contribution is 6.31. The molecule has 0 saturated carbocycles. The van der Waals surface area contributed by atoms with E-state index in [2.05, 4.69) is 5.32 Å². The summed E-state index contributed by atoms with van der Waals surface area (Å²) in [5.41, 5.74) is 5.55. The average Bonchev–Trinajstić information content (AvgIpc) is 2.41. The molecule has 1 aromatic rings. The van der Waals surface area contributed by atoms with Crippen LogP contribution >= 0.6 is 11.6 Å². The van der Waals surface area contributed by atoms with Gasteiger partial charge in [0.2, 0.25) is 0 Å². The van der Waals surface area contributed by atoms with Gasteiger partial charge in [-0.1, -0.05) is 11.6 Å². The van der Waals surface area contributed by atoms with Crippen molar-refractivity contribution in [2.75, 3.05) is 11.9 Å². The fraction of sp³-hybridized carbons (Fsp3) is 0.222. The summed E-state index contributed by atoms with van der Waals surface area (Å²) in [5.74, 6) is -0.405. The molecule has 0 spiro atoms. The quantitative estimate of drug-likeness (QED) is 0.632. The van der Waals surface area contributed by atoms with E-state index in [0.717, 1.165) is 0 Å². The molecule has 0 radical (unpaired) electrons. The van der Waals surface area contributed by atoms with Crippen molar-refractivity contribution in [3.63, 3.8) is 0 Å². The van der Waals surface area contributed by atoms with E-state index in [4.69, 9.17) is 22.4 Å². The first-order valence-corrected chi connectivity index (χ1v) is 4.47. The van der Waals surface area contributed by atoms with Gasteiger partial charge in [0.05, 0.1) is 6.61 Å². The first-order chi connectivity index (χ1) is 6.58. The number of carbonyl (C=O) groups excluding carboxylic acids is 1. The first-order valence-electron chi connectivity index (χ1n) is 4.09. The van der Waals surface area contributed by atoms with Gasteiger partial charge >= 0.3 is 0 Å². The van der Waals surface area contributed by atoms with E-state index in [1.165, 1.54) is 0 Å². The maximum absolute atomic E-state index is 11.5. The van der Waals surface area contributed by atoms with Crippen LogP contribution in [0.3, 0.4) is 0 Å².